The van der Waals surface area contributed by atoms with Crippen LogP contribution in [0.5, 0.6) is 0 Å². The summed E-state index contributed by atoms with van der Waals surface area (Å²) in [6, 6.07) is 2.18. The number of nitrogens with two attached hydrogens (primary N) is 1. The first-order valence-corrected chi connectivity index (χ1v) is 5.58. The van der Waals surface area contributed by atoms with Crippen molar-refractivity contribution in [2.75, 3.05) is 13.2 Å². The van der Waals surface area contributed by atoms with E-state index in [4.69, 9.17) is 10.5 Å². The Morgan fingerprint density at radius 2 is 2.13 bits per heavy atom. The molecule has 1 atom stereocenters. The third-order valence-corrected chi connectivity index (χ3v) is 2.24. The van der Waals surface area contributed by atoms with Gasteiger partial charge in [0.25, 0.3) is 0 Å². The predicted molar refractivity (Wildman–Crippen MR) is 62.7 cm³/mol. The van der Waals surface area contributed by atoms with Crippen LogP contribution in [-0.4, -0.2) is 17.8 Å². The fraction of sp³-hybridized carbons (Fsp3) is 0.667. The summed E-state index contributed by atoms with van der Waals surface area (Å²) < 4.78 is 7.64. The molecule has 0 aliphatic carbocycles. The number of hydrogen-bond acceptors (Lipinski definition) is 2. The fourth-order valence-electron chi connectivity index (χ4n) is 1.36. The number of aromatic nitrogens is 1. The molecule has 0 spiro atoms. The Hall–Kier alpha value is -0.800. The van der Waals surface area contributed by atoms with Crippen molar-refractivity contribution in [3.8, 4) is 0 Å². The molecule has 0 radical (unpaired) electrons. The van der Waals surface area contributed by atoms with Gasteiger partial charge in [0.1, 0.15) is 0 Å². The summed E-state index contributed by atoms with van der Waals surface area (Å²) in [4.78, 5) is 0. The van der Waals surface area contributed by atoms with Gasteiger partial charge < -0.3 is 15.0 Å². The van der Waals surface area contributed by atoms with Gasteiger partial charge in [0.2, 0.25) is 0 Å². The van der Waals surface area contributed by atoms with Crippen molar-refractivity contribution in [3.63, 3.8) is 0 Å². The quantitative estimate of drug-likeness (QED) is 0.731. The summed E-state index contributed by atoms with van der Waals surface area (Å²) in [6.45, 7) is 8.81. The van der Waals surface area contributed by atoms with Gasteiger partial charge in [-0.2, -0.15) is 0 Å². The van der Waals surface area contributed by atoms with Crippen molar-refractivity contribution in [2.45, 2.75) is 33.4 Å². The Balaban J connectivity index is 2.26. The molecule has 86 valence electrons. The van der Waals surface area contributed by atoms with Gasteiger partial charge in [0, 0.05) is 31.6 Å². The number of nitrogens with zero attached hydrogens (tertiary/aromatic N) is 1. The van der Waals surface area contributed by atoms with Gasteiger partial charge in [-0.3, -0.25) is 0 Å². The molecular formula is C12H22N2O. The fourth-order valence-corrected chi connectivity index (χ4v) is 1.36. The van der Waals surface area contributed by atoms with Gasteiger partial charge >= 0.3 is 0 Å². The van der Waals surface area contributed by atoms with E-state index in [2.05, 4.69) is 36.9 Å². The third kappa shape index (κ3) is 4.49. The van der Waals surface area contributed by atoms with E-state index < -0.39 is 0 Å². The molecule has 0 fully saturated rings. The summed E-state index contributed by atoms with van der Waals surface area (Å²) in [5.74, 6) is 0.606. The molecule has 0 aliphatic heterocycles. The molecule has 3 heteroatoms. The van der Waals surface area contributed by atoms with Gasteiger partial charge in [-0.15, -0.1) is 0 Å². The third-order valence-electron chi connectivity index (χ3n) is 2.24. The highest BCUT2D eigenvalue weighted by atomic mass is 16.5. The molecule has 1 heterocycles. The highest BCUT2D eigenvalue weighted by Crippen LogP contribution is 2.09. The van der Waals surface area contributed by atoms with E-state index in [1.54, 1.807) is 0 Å². The normalized spacial score (nSPS) is 13.4. The highest BCUT2D eigenvalue weighted by molar-refractivity contribution is 5.13. The Kier molecular flexibility index (Phi) is 4.85. The van der Waals surface area contributed by atoms with E-state index in [9.17, 15) is 0 Å². The average Bonchev–Trinajstić information content (AvgIpc) is 2.60. The van der Waals surface area contributed by atoms with Crippen molar-refractivity contribution in [3.05, 3.63) is 24.0 Å². The molecule has 1 aromatic heterocycles. The maximum Gasteiger partial charge on any atom is 0.0645 e. The van der Waals surface area contributed by atoms with E-state index in [1.807, 2.05) is 6.92 Å². The van der Waals surface area contributed by atoms with E-state index in [0.29, 0.717) is 5.92 Å². The van der Waals surface area contributed by atoms with Gasteiger partial charge in [0.05, 0.1) is 6.61 Å². The van der Waals surface area contributed by atoms with Crippen molar-refractivity contribution >= 4 is 0 Å². The molecule has 1 unspecified atom stereocenters. The highest BCUT2D eigenvalue weighted by Gasteiger charge is 2.01. The lowest BCUT2D eigenvalue weighted by Crippen LogP contribution is -2.08. The van der Waals surface area contributed by atoms with Crippen LogP contribution in [-0.2, 0) is 11.3 Å². The maximum absolute atomic E-state index is 5.78. The Labute approximate surface area is 92.2 Å². The Morgan fingerprint density at radius 1 is 1.40 bits per heavy atom. The summed E-state index contributed by atoms with van der Waals surface area (Å²) in [7, 11) is 0. The second-order valence-corrected chi connectivity index (χ2v) is 4.44. The van der Waals surface area contributed by atoms with Gasteiger partial charge in [0.15, 0.2) is 0 Å². The number of rotatable bonds is 6. The summed E-state index contributed by atoms with van der Waals surface area (Å²) in [6.07, 6.45) is 4.14. The molecule has 0 aromatic carbocycles. The van der Waals surface area contributed by atoms with E-state index in [-0.39, 0.29) is 6.04 Å². The van der Waals surface area contributed by atoms with Crippen LogP contribution in [0.4, 0.5) is 0 Å². The minimum absolute atomic E-state index is 0.114. The van der Waals surface area contributed by atoms with Crippen LogP contribution in [0.15, 0.2) is 18.5 Å². The minimum Gasteiger partial charge on any atom is -0.379 e. The molecule has 2 N–H and O–H groups in total. The van der Waals surface area contributed by atoms with E-state index >= 15 is 0 Å². The zero-order valence-electron chi connectivity index (χ0n) is 9.94. The van der Waals surface area contributed by atoms with Crippen molar-refractivity contribution in [2.24, 2.45) is 11.7 Å². The van der Waals surface area contributed by atoms with Crippen molar-refractivity contribution in [1.82, 2.24) is 4.57 Å². The van der Waals surface area contributed by atoms with Crippen LogP contribution >= 0.6 is 0 Å². The first kappa shape index (κ1) is 12.3. The Bertz CT molecular complexity index is 279. The largest absolute Gasteiger partial charge is 0.379 e. The van der Waals surface area contributed by atoms with E-state index in [1.165, 1.54) is 5.56 Å². The van der Waals surface area contributed by atoms with Crippen LogP contribution in [0.1, 0.15) is 32.4 Å². The summed E-state index contributed by atoms with van der Waals surface area (Å²) >= 11 is 0. The molecule has 1 rings (SSSR count). The number of hydrogen-bond donors (Lipinski definition) is 1. The Morgan fingerprint density at radius 3 is 2.67 bits per heavy atom. The molecule has 0 aliphatic rings. The average molecular weight is 210 g/mol. The molecule has 15 heavy (non-hydrogen) atoms. The van der Waals surface area contributed by atoms with Crippen LogP contribution in [0.3, 0.4) is 0 Å². The van der Waals surface area contributed by atoms with Crippen LogP contribution < -0.4 is 5.73 Å². The van der Waals surface area contributed by atoms with Crippen LogP contribution in [0.25, 0.3) is 0 Å². The standard InChI is InChI=1S/C12H22N2O/c1-10(2)9-15-7-6-14-5-4-12(8-14)11(3)13/h4-5,8,10-11H,6-7,9,13H2,1-3H3. The molecule has 1 aromatic rings. The first-order valence-electron chi connectivity index (χ1n) is 5.58. The molecule has 0 saturated carbocycles. The molecule has 0 bridgehead atoms. The van der Waals surface area contributed by atoms with Gasteiger partial charge in [-0.05, 0) is 24.5 Å². The van der Waals surface area contributed by atoms with Gasteiger partial charge in [-0.25, -0.2) is 0 Å². The second kappa shape index (κ2) is 5.93. The summed E-state index contributed by atoms with van der Waals surface area (Å²) in [5, 5.41) is 0. The second-order valence-electron chi connectivity index (χ2n) is 4.44. The monoisotopic (exact) mass is 210 g/mol. The van der Waals surface area contributed by atoms with E-state index in [0.717, 1.165) is 19.8 Å². The molecule has 0 saturated heterocycles. The van der Waals surface area contributed by atoms with Gasteiger partial charge in [-0.1, -0.05) is 13.8 Å². The lowest BCUT2D eigenvalue weighted by atomic mass is 10.2. The topological polar surface area (TPSA) is 40.2 Å². The number of ether oxygens (including phenoxy) is 1. The first-order chi connectivity index (χ1) is 7.09. The van der Waals surface area contributed by atoms with Crippen molar-refractivity contribution in [1.29, 1.82) is 0 Å². The minimum atomic E-state index is 0.114. The predicted octanol–water partition coefficient (Wildman–Crippen LogP) is 2.18. The SMILES string of the molecule is CC(C)COCCn1ccc(C(C)N)c1. The maximum atomic E-state index is 5.78. The van der Waals surface area contributed by atoms with Crippen LogP contribution in [0.2, 0.25) is 0 Å². The molecule has 0 amide bonds. The lowest BCUT2D eigenvalue weighted by Gasteiger charge is -2.07. The zero-order chi connectivity index (χ0) is 11.3. The summed E-state index contributed by atoms with van der Waals surface area (Å²) in [5.41, 5.74) is 6.96. The van der Waals surface area contributed by atoms with Crippen LogP contribution in [0, 0.1) is 5.92 Å². The zero-order valence-corrected chi connectivity index (χ0v) is 9.94. The molecular weight excluding hydrogens is 188 g/mol. The lowest BCUT2D eigenvalue weighted by molar-refractivity contribution is 0.103. The molecule has 3 nitrogen and oxygen atoms in total. The van der Waals surface area contributed by atoms with Crippen molar-refractivity contribution < 1.29 is 4.74 Å². The smallest absolute Gasteiger partial charge is 0.0645 e.